The van der Waals surface area contributed by atoms with Crippen molar-refractivity contribution in [3.05, 3.63) is 66.6 Å². The number of hydrogen-bond donors (Lipinski definition) is 1. The Bertz CT molecular complexity index is 1720. The van der Waals surface area contributed by atoms with Crippen molar-refractivity contribution in [2.45, 2.75) is 10.4 Å². The van der Waals surface area contributed by atoms with Crippen LogP contribution in [0, 0.1) is 11.6 Å². The third-order valence-corrected chi connectivity index (χ3v) is 7.12. The maximum atomic E-state index is 14.1. The number of methoxy groups -OCH3 is 1. The molecule has 10 nitrogen and oxygen atoms in total. The standard InChI is InChI=1S/C20H13F5N4O6S2/c1-34-19-15(28-36(30,31)18-3-2-13(21)8-14(18)22)6-11(9-26-19)12-7-16-17(4-5-27-29(16)10-12)35-37(32,33)20(23,24)25/h2-10,28H,1H3. The van der Waals surface area contributed by atoms with Gasteiger partial charge in [0.2, 0.25) is 5.88 Å². The second-order valence-corrected chi connectivity index (χ2v) is 10.4. The fourth-order valence-electron chi connectivity index (χ4n) is 3.12. The number of anilines is 1. The number of hydrogen-bond acceptors (Lipinski definition) is 8. The molecule has 0 unspecified atom stereocenters. The molecular weight excluding hydrogens is 551 g/mol. The molecule has 17 heteroatoms. The van der Waals surface area contributed by atoms with Crippen LogP contribution >= 0.6 is 0 Å². The van der Waals surface area contributed by atoms with Crippen LogP contribution in [0.15, 0.2) is 59.9 Å². The molecule has 4 rings (SSSR count). The third-order valence-electron chi connectivity index (χ3n) is 4.76. The lowest BCUT2D eigenvalue weighted by Gasteiger charge is -2.12. The zero-order chi connectivity index (χ0) is 27.2. The summed E-state index contributed by atoms with van der Waals surface area (Å²) in [5, 5.41) is 3.88. The first kappa shape index (κ1) is 26.1. The third kappa shape index (κ3) is 5.12. The molecule has 37 heavy (non-hydrogen) atoms. The van der Waals surface area contributed by atoms with E-state index >= 15 is 0 Å². The average Bonchev–Trinajstić information content (AvgIpc) is 3.23. The highest BCUT2D eigenvalue weighted by atomic mass is 32.2. The van der Waals surface area contributed by atoms with Crippen LogP contribution in [0.5, 0.6) is 11.6 Å². The smallest absolute Gasteiger partial charge is 0.480 e. The topological polar surface area (TPSA) is 129 Å². The van der Waals surface area contributed by atoms with Crippen LogP contribution in [0.3, 0.4) is 0 Å². The first-order valence-electron chi connectivity index (χ1n) is 9.72. The molecule has 1 aromatic carbocycles. The van der Waals surface area contributed by atoms with Gasteiger partial charge >= 0.3 is 15.6 Å². The highest BCUT2D eigenvalue weighted by Crippen LogP contribution is 2.34. The molecule has 4 aromatic rings. The molecule has 0 radical (unpaired) electrons. The number of rotatable bonds is 7. The molecule has 0 aliphatic carbocycles. The Kier molecular flexibility index (Phi) is 6.45. The Morgan fingerprint density at radius 3 is 2.38 bits per heavy atom. The van der Waals surface area contributed by atoms with Gasteiger partial charge in [0, 0.05) is 35.7 Å². The summed E-state index contributed by atoms with van der Waals surface area (Å²) >= 11 is 0. The van der Waals surface area contributed by atoms with Gasteiger partial charge < -0.3 is 8.92 Å². The summed E-state index contributed by atoms with van der Waals surface area (Å²) in [6, 6.07) is 5.20. The van der Waals surface area contributed by atoms with Crippen molar-refractivity contribution in [2.24, 2.45) is 0 Å². The van der Waals surface area contributed by atoms with Crippen LogP contribution in [0.1, 0.15) is 0 Å². The number of pyridine rings is 1. The molecule has 1 N–H and O–H groups in total. The fraction of sp³-hybridized carbons (Fsp3) is 0.100. The Morgan fingerprint density at radius 2 is 1.73 bits per heavy atom. The van der Waals surface area contributed by atoms with Gasteiger partial charge in [0.1, 0.15) is 27.7 Å². The number of ether oxygens (including phenoxy) is 1. The fourth-order valence-corrected chi connectivity index (χ4v) is 4.70. The number of sulfonamides is 1. The quantitative estimate of drug-likeness (QED) is 0.204. The molecule has 3 aromatic heterocycles. The summed E-state index contributed by atoms with van der Waals surface area (Å²) in [4.78, 5) is 3.11. The molecule has 0 saturated heterocycles. The van der Waals surface area contributed by atoms with E-state index in [-0.39, 0.29) is 28.2 Å². The Labute approximate surface area is 205 Å². The largest absolute Gasteiger partial charge is 0.534 e. The Hall–Kier alpha value is -3.99. The van der Waals surface area contributed by atoms with E-state index in [0.29, 0.717) is 6.07 Å². The second kappa shape index (κ2) is 9.15. The van der Waals surface area contributed by atoms with Gasteiger partial charge in [0.25, 0.3) is 10.0 Å². The van der Waals surface area contributed by atoms with Gasteiger partial charge in [-0.1, -0.05) is 0 Å². The predicted molar refractivity (Wildman–Crippen MR) is 118 cm³/mol. The zero-order valence-electron chi connectivity index (χ0n) is 18.2. The van der Waals surface area contributed by atoms with Crippen LogP contribution < -0.4 is 13.6 Å². The van der Waals surface area contributed by atoms with Gasteiger partial charge in [-0.05, 0) is 24.3 Å². The summed E-state index contributed by atoms with van der Waals surface area (Å²) in [6.45, 7) is 0. The summed E-state index contributed by atoms with van der Waals surface area (Å²) in [5.74, 6) is -3.23. The van der Waals surface area contributed by atoms with E-state index in [1.807, 2.05) is 0 Å². The lowest BCUT2D eigenvalue weighted by atomic mass is 10.1. The van der Waals surface area contributed by atoms with Gasteiger partial charge in [0.15, 0.2) is 5.75 Å². The number of aromatic nitrogens is 3. The van der Waals surface area contributed by atoms with Crippen LogP contribution in [-0.2, 0) is 20.1 Å². The van der Waals surface area contributed by atoms with Crippen LogP contribution in [0.4, 0.5) is 27.6 Å². The summed E-state index contributed by atoms with van der Waals surface area (Å²) < 4.78 is 126. The molecule has 0 saturated carbocycles. The molecule has 0 aliphatic rings. The summed E-state index contributed by atoms with van der Waals surface area (Å²) in [5.41, 5.74) is -5.72. The van der Waals surface area contributed by atoms with Crippen molar-refractivity contribution in [1.29, 1.82) is 0 Å². The van der Waals surface area contributed by atoms with Crippen molar-refractivity contribution >= 4 is 31.3 Å². The van der Waals surface area contributed by atoms with Crippen molar-refractivity contribution in [3.8, 4) is 22.8 Å². The summed E-state index contributed by atoms with van der Waals surface area (Å²) in [6.07, 6.45) is 3.50. The monoisotopic (exact) mass is 564 g/mol. The lowest BCUT2D eigenvalue weighted by molar-refractivity contribution is -0.0499. The van der Waals surface area contributed by atoms with Crippen molar-refractivity contribution in [1.82, 2.24) is 14.6 Å². The van der Waals surface area contributed by atoms with E-state index in [4.69, 9.17) is 4.74 Å². The highest BCUT2D eigenvalue weighted by molar-refractivity contribution is 7.92. The van der Waals surface area contributed by atoms with Crippen molar-refractivity contribution in [3.63, 3.8) is 0 Å². The van der Waals surface area contributed by atoms with E-state index < -0.39 is 47.9 Å². The first-order valence-corrected chi connectivity index (χ1v) is 12.6. The second-order valence-electron chi connectivity index (χ2n) is 7.20. The summed E-state index contributed by atoms with van der Waals surface area (Å²) in [7, 11) is -9.37. The highest BCUT2D eigenvalue weighted by Gasteiger charge is 2.48. The van der Waals surface area contributed by atoms with E-state index in [1.54, 1.807) is 0 Å². The van der Waals surface area contributed by atoms with Gasteiger partial charge in [-0.25, -0.2) is 26.7 Å². The van der Waals surface area contributed by atoms with Crippen LogP contribution in [0.25, 0.3) is 16.6 Å². The Balaban J connectivity index is 1.75. The minimum absolute atomic E-state index is 0.170. The van der Waals surface area contributed by atoms with Gasteiger partial charge in [-0.15, -0.1) is 0 Å². The molecule has 0 spiro atoms. The van der Waals surface area contributed by atoms with Crippen LogP contribution in [-0.4, -0.2) is 44.1 Å². The predicted octanol–water partition coefficient (Wildman–Crippen LogP) is 3.71. The molecule has 0 atom stereocenters. The number of nitrogens with one attached hydrogen (secondary N) is 1. The molecule has 0 fully saturated rings. The molecule has 3 heterocycles. The number of halogens is 5. The number of benzene rings is 1. The SMILES string of the molecule is COc1ncc(-c2cc3c(OS(=O)(=O)C(F)(F)F)ccnn3c2)cc1NS(=O)(=O)c1ccc(F)cc1F. The first-order chi connectivity index (χ1) is 17.2. The maximum Gasteiger partial charge on any atom is 0.534 e. The molecule has 0 amide bonds. The minimum Gasteiger partial charge on any atom is -0.480 e. The minimum atomic E-state index is -5.97. The zero-order valence-corrected chi connectivity index (χ0v) is 19.8. The lowest BCUT2D eigenvalue weighted by Crippen LogP contribution is -2.28. The molecule has 0 aliphatic heterocycles. The van der Waals surface area contributed by atoms with Gasteiger partial charge in [-0.3, -0.25) is 4.72 Å². The normalized spacial score (nSPS) is 12.5. The molecule has 0 bridgehead atoms. The van der Waals surface area contributed by atoms with Gasteiger partial charge in [-0.2, -0.15) is 26.7 Å². The molecule has 196 valence electrons. The van der Waals surface area contributed by atoms with E-state index in [0.717, 1.165) is 28.9 Å². The van der Waals surface area contributed by atoms with Gasteiger partial charge in [0.05, 0.1) is 13.3 Å². The Morgan fingerprint density at radius 1 is 1.00 bits per heavy atom. The van der Waals surface area contributed by atoms with E-state index in [2.05, 4.69) is 19.0 Å². The van der Waals surface area contributed by atoms with E-state index in [9.17, 15) is 38.8 Å². The molecular formula is C20H13F5N4O6S2. The number of nitrogens with zero attached hydrogens (tertiary/aromatic N) is 3. The van der Waals surface area contributed by atoms with E-state index in [1.165, 1.54) is 31.6 Å². The van der Waals surface area contributed by atoms with Crippen LogP contribution in [0.2, 0.25) is 0 Å². The average molecular weight is 564 g/mol. The van der Waals surface area contributed by atoms with Crippen molar-refractivity contribution < 1.29 is 47.7 Å². The maximum absolute atomic E-state index is 14.1. The van der Waals surface area contributed by atoms with Crippen molar-refractivity contribution in [2.75, 3.05) is 11.8 Å². The number of fused-ring (bicyclic) bond motifs is 1. The number of alkyl halides is 3.